The molecule has 0 radical (unpaired) electrons. The molecule has 6 heteroatoms. The van der Waals surface area contributed by atoms with Crippen molar-refractivity contribution < 1.29 is 23.7 Å². The number of carbonyl (C=O) groups is 1. The molecule has 1 amide bonds. The zero-order chi connectivity index (χ0) is 21.1. The molecule has 0 saturated heterocycles. The number of hydrogen-bond donors (Lipinski definition) is 1. The summed E-state index contributed by atoms with van der Waals surface area (Å²) in [5, 5.41) is 2.92. The molecular weight excluding hydrogens is 370 g/mol. The summed E-state index contributed by atoms with van der Waals surface area (Å²) in [5.74, 6) is 1.92. The van der Waals surface area contributed by atoms with Gasteiger partial charge in [-0.1, -0.05) is 24.3 Å². The van der Waals surface area contributed by atoms with Crippen LogP contribution in [0.25, 0.3) is 0 Å². The Hall–Kier alpha value is -2.73. The Balaban J connectivity index is 1.86. The fourth-order valence-corrected chi connectivity index (χ4v) is 2.75. The van der Waals surface area contributed by atoms with Gasteiger partial charge in [-0.3, -0.25) is 4.79 Å². The first-order valence-electron chi connectivity index (χ1n) is 9.94. The molecule has 0 aromatic heterocycles. The van der Waals surface area contributed by atoms with Crippen LogP contribution in [0.3, 0.4) is 0 Å². The monoisotopic (exact) mass is 401 g/mol. The van der Waals surface area contributed by atoms with Crippen molar-refractivity contribution in [1.82, 2.24) is 5.32 Å². The van der Waals surface area contributed by atoms with Gasteiger partial charge in [-0.05, 0) is 57.0 Å². The Labute approximate surface area is 173 Å². The van der Waals surface area contributed by atoms with Crippen molar-refractivity contribution in [2.75, 3.05) is 26.9 Å². The van der Waals surface area contributed by atoms with E-state index in [9.17, 15) is 4.79 Å². The number of para-hydroxylation sites is 1. The minimum atomic E-state index is -0.656. The smallest absolute Gasteiger partial charge is 0.252 e. The highest BCUT2D eigenvalue weighted by molar-refractivity contribution is 5.81. The van der Waals surface area contributed by atoms with E-state index in [0.29, 0.717) is 36.8 Å². The van der Waals surface area contributed by atoms with Crippen molar-refractivity contribution in [3.05, 3.63) is 54.1 Å². The van der Waals surface area contributed by atoms with Gasteiger partial charge in [0.05, 0.1) is 13.2 Å². The summed E-state index contributed by atoms with van der Waals surface area (Å²) in [6, 6.07) is 15.2. The van der Waals surface area contributed by atoms with E-state index < -0.39 is 6.10 Å². The zero-order valence-corrected chi connectivity index (χ0v) is 17.6. The first-order chi connectivity index (χ1) is 14.0. The van der Waals surface area contributed by atoms with E-state index in [1.807, 2.05) is 69.3 Å². The Kier molecular flexibility index (Phi) is 9.31. The van der Waals surface area contributed by atoms with Gasteiger partial charge in [-0.2, -0.15) is 0 Å². The second kappa shape index (κ2) is 12.0. The summed E-state index contributed by atoms with van der Waals surface area (Å²) in [4.78, 5) is 12.5. The average Bonchev–Trinajstić information content (AvgIpc) is 2.72. The van der Waals surface area contributed by atoms with Gasteiger partial charge < -0.3 is 24.3 Å². The molecule has 0 aliphatic rings. The summed E-state index contributed by atoms with van der Waals surface area (Å²) in [5.41, 5.74) is 1.05. The number of amides is 1. The number of ether oxygens (including phenoxy) is 4. The SMILES string of the molecule is CCOC(COc1ccccc1)C(=O)NCCc1ccc(OC(C)C)c(OC)c1. The molecule has 1 N–H and O–H groups in total. The fourth-order valence-electron chi connectivity index (χ4n) is 2.75. The van der Waals surface area contributed by atoms with E-state index in [2.05, 4.69) is 5.32 Å². The minimum Gasteiger partial charge on any atom is -0.493 e. The first-order valence-corrected chi connectivity index (χ1v) is 9.94. The largest absolute Gasteiger partial charge is 0.493 e. The van der Waals surface area contributed by atoms with Crippen LogP contribution in [-0.4, -0.2) is 45.0 Å². The average molecular weight is 402 g/mol. The van der Waals surface area contributed by atoms with Crippen LogP contribution in [-0.2, 0) is 16.0 Å². The summed E-state index contributed by atoms with van der Waals surface area (Å²) >= 11 is 0. The summed E-state index contributed by atoms with van der Waals surface area (Å²) in [6.45, 7) is 6.89. The fraction of sp³-hybridized carbons (Fsp3) is 0.435. The molecule has 2 rings (SSSR count). The number of rotatable bonds is 12. The van der Waals surface area contributed by atoms with E-state index in [-0.39, 0.29) is 18.6 Å². The molecule has 2 aromatic carbocycles. The van der Waals surface area contributed by atoms with Gasteiger partial charge in [-0.25, -0.2) is 0 Å². The van der Waals surface area contributed by atoms with Gasteiger partial charge in [0.15, 0.2) is 17.6 Å². The van der Waals surface area contributed by atoms with Gasteiger partial charge in [0.2, 0.25) is 0 Å². The van der Waals surface area contributed by atoms with E-state index in [0.717, 1.165) is 5.56 Å². The van der Waals surface area contributed by atoms with Crippen LogP contribution in [0.15, 0.2) is 48.5 Å². The van der Waals surface area contributed by atoms with Crippen molar-refractivity contribution in [2.24, 2.45) is 0 Å². The molecule has 1 atom stereocenters. The Bertz CT molecular complexity index is 748. The molecule has 0 heterocycles. The lowest BCUT2D eigenvalue weighted by Gasteiger charge is -2.18. The maximum absolute atomic E-state index is 12.5. The highest BCUT2D eigenvalue weighted by atomic mass is 16.5. The number of hydrogen-bond acceptors (Lipinski definition) is 5. The van der Waals surface area contributed by atoms with Crippen LogP contribution in [0, 0.1) is 0 Å². The summed E-state index contributed by atoms with van der Waals surface area (Å²) < 4.78 is 22.3. The van der Waals surface area contributed by atoms with E-state index in [4.69, 9.17) is 18.9 Å². The van der Waals surface area contributed by atoms with Crippen molar-refractivity contribution in [3.8, 4) is 17.2 Å². The lowest BCUT2D eigenvalue weighted by atomic mass is 10.1. The maximum Gasteiger partial charge on any atom is 0.252 e. The zero-order valence-electron chi connectivity index (χ0n) is 17.6. The van der Waals surface area contributed by atoms with E-state index >= 15 is 0 Å². The number of carbonyl (C=O) groups excluding carboxylic acids is 1. The number of nitrogens with one attached hydrogen (secondary N) is 1. The first kappa shape index (κ1) is 22.6. The van der Waals surface area contributed by atoms with Crippen LogP contribution in [0.4, 0.5) is 0 Å². The second-order valence-electron chi connectivity index (χ2n) is 6.76. The summed E-state index contributed by atoms with van der Waals surface area (Å²) in [7, 11) is 1.62. The van der Waals surface area contributed by atoms with Gasteiger partial charge in [-0.15, -0.1) is 0 Å². The third-order valence-electron chi connectivity index (χ3n) is 4.11. The van der Waals surface area contributed by atoms with Crippen LogP contribution in [0.1, 0.15) is 26.3 Å². The van der Waals surface area contributed by atoms with Crippen molar-refractivity contribution >= 4 is 5.91 Å². The van der Waals surface area contributed by atoms with Crippen LogP contribution < -0.4 is 19.5 Å². The van der Waals surface area contributed by atoms with Gasteiger partial charge in [0.25, 0.3) is 5.91 Å². The molecule has 0 spiro atoms. The molecule has 2 aromatic rings. The van der Waals surface area contributed by atoms with E-state index in [1.165, 1.54) is 0 Å². The summed E-state index contributed by atoms with van der Waals surface area (Å²) in [6.07, 6.45) is 0.0850. The predicted molar refractivity (Wildman–Crippen MR) is 113 cm³/mol. The molecule has 0 fully saturated rings. The molecule has 158 valence electrons. The normalized spacial score (nSPS) is 11.8. The molecule has 0 aliphatic heterocycles. The van der Waals surface area contributed by atoms with Crippen molar-refractivity contribution in [1.29, 1.82) is 0 Å². The highest BCUT2D eigenvalue weighted by Gasteiger charge is 2.19. The number of methoxy groups -OCH3 is 1. The van der Waals surface area contributed by atoms with Gasteiger partial charge >= 0.3 is 0 Å². The number of benzene rings is 2. The van der Waals surface area contributed by atoms with Gasteiger partial charge in [0.1, 0.15) is 12.4 Å². The quantitative estimate of drug-likeness (QED) is 0.588. The molecule has 29 heavy (non-hydrogen) atoms. The van der Waals surface area contributed by atoms with Crippen molar-refractivity contribution in [2.45, 2.75) is 39.4 Å². The molecule has 0 bridgehead atoms. The maximum atomic E-state index is 12.5. The van der Waals surface area contributed by atoms with E-state index in [1.54, 1.807) is 7.11 Å². The van der Waals surface area contributed by atoms with Crippen LogP contribution >= 0.6 is 0 Å². The molecule has 0 aliphatic carbocycles. The topological polar surface area (TPSA) is 66.0 Å². The second-order valence-corrected chi connectivity index (χ2v) is 6.76. The Morgan fingerprint density at radius 3 is 2.48 bits per heavy atom. The minimum absolute atomic E-state index is 0.0719. The van der Waals surface area contributed by atoms with Crippen LogP contribution in [0.5, 0.6) is 17.2 Å². The van der Waals surface area contributed by atoms with Gasteiger partial charge in [0, 0.05) is 13.2 Å². The molecular formula is C23H31NO5. The Morgan fingerprint density at radius 1 is 1.07 bits per heavy atom. The third-order valence-corrected chi connectivity index (χ3v) is 4.11. The third kappa shape index (κ3) is 7.66. The lowest BCUT2D eigenvalue weighted by molar-refractivity contribution is -0.134. The molecule has 0 saturated carbocycles. The Morgan fingerprint density at radius 2 is 1.83 bits per heavy atom. The highest BCUT2D eigenvalue weighted by Crippen LogP contribution is 2.29. The van der Waals surface area contributed by atoms with Crippen molar-refractivity contribution in [3.63, 3.8) is 0 Å². The standard InChI is InChI=1S/C23H31NO5/c1-5-27-22(16-28-19-9-7-6-8-10-19)23(25)24-14-13-18-11-12-20(29-17(2)3)21(15-18)26-4/h6-12,15,17,22H,5,13-14,16H2,1-4H3,(H,24,25). The lowest BCUT2D eigenvalue weighted by Crippen LogP contribution is -2.41. The molecule has 1 unspecified atom stereocenters. The molecule has 6 nitrogen and oxygen atoms in total. The van der Waals surface area contributed by atoms with Crippen LogP contribution in [0.2, 0.25) is 0 Å². The predicted octanol–water partition coefficient (Wildman–Crippen LogP) is 3.63.